The second kappa shape index (κ2) is 8.04. The van der Waals surface area contributed by atoms with Gasteiger partial charge in [-0.05, 0) is 34.1 Å². The highest BCUT2D eigenvalue weighted by Crippen LogP contribution is 2.51. The number of alkyl halides is 1. The van der Waals surface area contributed by atoms with Gasteiger partial charge in [0.15, 0.2) is 4.28 Å². The smallest absolute Gasteiger partial charge is 0.300 e. The summed E-state index contributed by atoms with van der Waals surface area (Å²) in [4.78, 5) is -0.167. The monoisotopic (exact) mass is 504 g/mol. The van der Waals surface area contributed by atoms with Gasteiger partial charge >= 0.3 is 10.0 Å². The average molecular weight is 506 g/mol. The molecule has 10 heteroatoms. The highest BCUT2D eigenvalue weighted by molar-refractivity contribution is 9.11. The Hall–Kier alpha value is -0.970. The molecule has 150 valence electrons. The zero-order valence-corrected chi connectivity index (χ0v) is 19.3. The van der Waals surface area contributed by atoms with Crippen LogP contribution in [0.1, 0.15) is 11.1 Å². The van der Waals surface area contributed by atoms with Gasteiger partial charge in [0.05, 0.1) is 17.8 Å². The SMILES string of the molecule is CN=NS(=O)(=O)c1cc(C2(O)CSC(Br)[N+]2(C)Cc2ccccc2)ccc1Cl. The third kappa shape index (κ3) is 3.76. The van der Waals surface area contributed by atoms with Gasteiger partial charge in [-0.2, -0.15) is 13.5 Å². The van der Waals surface area contributed by atoms with Gasteiger partial charge in [0.1, 0.15) is 11.4 Å². The summed E-state index contributed by atoms with van der Waals surface area (Å²) in [6.45, 7) is 0.555. The lowest BCUT2D eigenvalue weighted by molar-refractivity contribution is -0.992. The van der Waals surface area contributed by atoms with Crippen LogP contribution in [-0.4, -0.2) is 42.1 Å². The maximum Gasteiger partial charge on any atom is 0.300 e. The molecule has 2 aromatic carbocycles. The summed E-state index contributed by atoms with van der Waals surface area (Å²) in [5, 5.41) is 15.2. The van der Waals surface area contributed by atoms with Crippen LogP contribution >= 0.6 is 39.3 Å². The molecular formula is C18H20BrClN3O3S2+. The van der Waals surface area contributed by atoms with Crippen molar-refractivity contribution in [2.75, 3.05) is 19.8 Å². The lowest BCUT2D eigenvalue weighted by Gasteiger charge is -2.44. The van der Waals surface area contributed by atoms with Gasteiger partial charge in [0.2, 0.25) is 5.72 Å². The van der Waals surface area contributed by atoms with Gasteiger partial charge < -0.3 is 5.11 Å². The normalized spacial score (nSPS) is 28.1. The Morgan fingerprint density at radius 2 is 2.00 bits per heavy atom. The van der Waals surface area contributed by atoms with Crippen molar-refractivity contribution < 1.29 is 18.0 Å². The van der Waals surface area contributed by atoms with Crippen LogP contribution in [0.3, 0.4) is 0 Å². The molecule has 1 aliphatic rings. The van der Waals surface area contributed by atoms with Crippen LogP contribution in [0, 0.1) is 0 Å². The van der Waals surface area contributed by atoms with Crippen molar-refractivity contribution in [3.8, 4) is 0 Å². The first-order valence-corrected chi connectivity index (χ1v) is 12.2. The third-order valence-corrected chi connectivity index (χ3v) is 9.65. The fraction of sp³-hybridized carbons (Fsp3) is 0.333. The third-order valence-electron chi connectivity index (χ3n) is 4.93. The van der Waals surface area contributed by atoms with Gasteiger partial charge in [-0.15, -0.1) is 0 Å². The second-order valence-electron chi connectivity index (χ2n) is 6.73. The number of benzene rings is 2. The minimum atomic E-state index is -4.04. The first-order chi connectivity index (χ1) is 13.1. The molecule has 1 fully saturated rings. The molecule has 0 saturated carbocycles. The van der Waals surface area contributed by atoms with Gasteiger partial charge in [0.25, 0.3) is 0 Å². The maximum atomic E-state index is 12.4. The van der Waals surface area contributed by atoms with Crippen molar-refractivity contribution in [2.24, 2.45) is 9.63 Å². The first-order valence-electron chi connectivity index (χ1n) is 8.37. The molecule has 3 rings (SSSR count). The number of thioether (sulfide) groups is 1. The Labute approximate surface area is 182 Å². The first kappa shape index (κ1) is 21.7. The van der Waals surface area contributed by atoms with Gasteiger partial charge in [0, 0.05) is 18.2 Å². The zero-order valence-electron chi connectivity index (χ0n) is 15.3. The van der Waals surface area contributed by atoms with Gasteiger partial charge in [-0.25, -0.2) is 0 Å². The highest BCUT2D eigenvalue weighted by Gasteiger charge is 2.58. The quantitative estimate of drug-likeness (QED) is 0.284. The number of quaternary nitrogens is 1. The molecule has 1 saturated heterocycles. The molecule has 28 heavy (non-hydrogen) atoms. The molecule has 2 aromatic rings. The van der Waals surface area contributed by atoms with Crippen LogP contribution in [-0.2, 0) is 22.3 Å². The summed E-state index contributed by atoms with van der Waals surface area (Å²) in [6.07, 6.45) is 0. The van der Waals surface area contributed by atoms with Crippen LogP contribution in [0.15, 0.2) is 63.1 Å². The number of aliphatic hydroxyl groups is 1. The van der Waals surface area contributed by atoms with Crippen molar-refractivity contribution in [3.63, 3.8) is 0 Å². The minimum absolute atomic E-state index is 0.0399. The van der Waals surface area contributed by atoms with Crippen molar-refractivity contribution in [1.29, 1.82) is 0 Å². The molecule has 1 aliphatic heterocycles. The van der Waals surface area contributed by atoms with E-state index in [0.717, 1.165) is 5.56 Å². The van der Waals surface area contributed by atoms with E-state index in [9.17, 15) is 13.5 Å². The van der Waals surface area contributed by atoms with E-state index in [1.165, 1.54) is 19.2 Å². The molecule has 1 heterocycles. The summed E-state index contributed by atoms with van der Waals surface area (Å²) >= 11 is 11.4. The number of hydrogen-bond donors (Lipinski definition) is 1. The highest BCUT2D eigenvalue weighted by atomic mass is 79.9. The van der Waals surface area contributed by atoms with Crippen molar-refractivity contribution in [2.45, 2.75) is 21.4 Å². The molecule has 3 unspecified atom stereocenters. The van der Waals surface area contributed by atoms with Crippen molar-refractivity contribution >= 4 is 49.3 Å². The van der Waals surface area contributed by atoms with E-state index in [-0.39, 0.29) is 18.7 Å². The standard InChI is InChI=1S/C18H20BrClN3O3S2/c1-21-22-28(25,26)16-10-14(8-9-15(16)20)18(24)12-27-17(19)23(18,2)11-13-6-4-3-5-7-13/h3-10,17,24H,11-12H2,1-2H3/q+1. The van der Waals surface area contributed by atoms with E-state index in [0.29, 0.717) is 17.9 Å². The molecule has 0 amide bonds. The predicted molar refractivity (Wildman–Crippen MR) is 115 cm³/mol. The fourth-order valence-electron chi connectivity index (χ4n) is 3.31. The molecule has 0 spiro atoms. The van der Waals surface area contributed by atoms with Crippen molar-refractivity contribution in [3.05, 3.63) is 64.7 Å². The number of rotatable bonds is 5. The predicted octanol–water partition coefficient (Wildman–Crippen LogP) is 4.33. The van der Waals surface area contributed by atoms with Crippen LogP contribution < -0.4 is 0 Å². The van der Waals surface area contributed by atoms with Crippen LogP contribution in [0.25, 0.3) is 0 Å². The van der Waals surface area contributed by atoms with Crippen molar-refractivity contribution in [1.82, 2.24) is 0 Å². The number of hydrogen-bond acceptors (Lipinski definition) is 5. The molecular weight excluding hydrogens is 486 g/mol. The zero-order chi connectivity index (χ0) is 20.6. The average Bonchev–Trinajstić information content (AvgIpc) is 2.87. The molecule has 6 nitrogen and oxygen atoms in total. The van der Waals surface area contributed by atoms with Crippen LogP contribution in [0.2, 0.25) is 5.02 Å². The van der Waals surface area contributed by atoms with Crippen LogP contribution in [0.4, 0.5) is 0 Å². The number of halogens is 2. The topological polar surface area (TPSA) is 79.1 Å². The molecule has 0 radical (unpaired) electrons. The molecule has 0 aromatic heterocycles. The molecule has 0 bridgehead atoms. The lowest BCUT2D eigenvalue weighted by Crippen LogP contribution is -2.58. The van der Waals surface area contributed by atoms with Gasteiger partial charge in [-0.1, -0.05) is 58.2 Å². The van der Waals surface area contributed by atoms with E-state index in [2.05, 4.69) is 25.6 Å². The Morgan fingerprint density at radius 1 is 1.32 bits per heavy atom. The minimum Gasteiger partial charge on any atom is -0.338 e. The summed E-state index contributed by atoms with van der Waals surface area (Å²) < 4.78 is 28.3. The second-order valence-corrected chi connectivity index (χ2v) is 11.2. The van der Waals surface area contributed by atoms with E-state index in [1.54, 1.807) is 17.8 Å². The molecule has 3 atom stereocenters. The number of sulfonamides is 1. The summed E-state index contributed by atoms with van der Waals surface area (Å²) in [5.41, 5.74) is 0.207. The van der Waals surface area contributed by atoms with E-state index in [4.69, 9.17) is 11.6 Å². The summed E-state index contributed by atoms with van der Waals surface area (Å²) in [7, 11) is -0.817. The van der Waals surface area contributed by atoms with E-state index >= 15 is 0 Å². The van der Waals surface area contributed by atoms with Gasteiger partial charge in [-0.3, -0.25) is 4.48 Å². The summed E-state index contributed by atoms with van der Waals surface area (Å²) in [6, 6.07) is 14.4. The van der Waals surface area contributed by atoms with Crippen LogP contribution in [0.5, 0.6) is 0 Å². The Kier molecular flexibility index (Phi) is 6.24. The van der Waals surface area contributed by atoms with E-state index < -0.39 is 15.7 Å². The maximum absolute atomic E-state index is 12.4. The van der Waals surface area contributed by atoms with E-state index in [1.807, 2.05) is 37.4 Å². The largest absolute Gasteiger partial charge is 0.338 e. The fourth-order valence-corrected chi connectivity index (χ4v) is 6.90. The Bertz CT molecular complexity index is 1010. The lowest BCUT2D eigenvalue weighted by atomic mass is 10.00. The number of nitrogens with zero attached hydrogens (tertiary/aromatic N) is 3. The Balaban J connectivity index is 2.10. The Morgan fingerprint density at radius 3 is 2.64 bits per heavy atom. The molecule has 1 N–H and O–H groups in total. The summed E-state index contributed by atoms with van der Waals surface area (Å²) in [5.74, 6) is 0.392. The molecule has 0 aliphatic carbocycles.